The highest BCUT2D eigenvalue weighted by molar-refractivity contribution is 9.12. The van der Waals surface area contributed by atoms with Crippen molar-refractivity contribution in [2.75, 3.05) is 11.1 Å². The minimum Gasteiger partial charge on any atom is -0.379 e. The van der Waals surface area contributed by atoms with Crippen LogP contribution in [0.5, 0.6) is 5.75 Å². The number of hydrogen-bond donors (Lipinski definition) is 0. The molecule has 0 saturated carbocycles. The molecule has 0 spiro atoms. The van der Waals surface area contributed by atoms with Gasteiger partial charge in [-0.05, 0) is 19.1 Å². The standard InChI is InChI=1S/C10H10Br2Cl2O3S/c1-10(12,5-11)6-18(15,16)17-9-7(13)3-2-4-8(9)14/h2-4H,5-6H2,1H3. The Balaban J connectivity index is 2.97. The highest BCUT2D eigenvalue weighted by atomic mass is 79.9. The molecule has 8 heteroatoms. The maximum Gasteiger partial charge on any atom is 0.310 e. The zero-order valence-electron chi connectivity index (χ0n) is 9.29. The van der Waals surface area contributed by atoms with Gasteiger partial charge in [-0.15, -0.1) is 0 Å². The van der Waals surface area contributed by atoms with Gasteiger partial charge in [-0.2, -0.15) is 8.42 Å². The average Bonchev–Trinajstić information content (AvgIpc) is 2.22. The van der Waals surface area contributed by atoms with Gasteiger partial charge < -0.3 is 4.18 Å². The number of para-hydroxylation sites is 1. The first kappa shape index (κ1) is 16.6. The van der Waals surface area contributed by atoms with Crippen LogP contribution in [0.25, 0.3) is 0 Å². The van der Waals surface area contributed by atoms with Gasteiger partial charge in [-0.1, -0.05) is 61.1 Å². The zero-order valence-corrected chi connectivity index (χ0v) is 14.8. The molecule has 0 aromatic heterocycles. The summed E-state index contributed by atoms with van der Waals surface area (Å²) in [5.74, 6) is -0.258. The molecule has 0 saturated heterocycles. The van der Waals surface area contributed by atoms with E-state index in [0.29, 0.717) is 5.33 Å². The lowest BCUT2D eigenvalue weighted by Crippen LogP contribution is -2.31. The number of rotatable bonds is 5. The van der Waals surface area contributed by atoms with E-state index in [0.717, 1.165) is 0 Å². The topological polar surface area (TPSA) is 43.4 Å². The van der Waals surface area contributed by atoms with Crippen LogP contribution in [0.1, 0.15) is 6.92 Å². The molecule has 0 bridgehead atoms. The molecule has 0 heterocycles. The molecule has 0 radical (unpaired) electrons. The first-order valence-electron chi connectivity index (χ1n) is 4.78. The lowest BCUT2D eigenvalue weighted by Gasteiger charge is -2.19. The van der Waals surface area contributed by atoms with Crippen molar-refractivity contribution in [2.24, 2.45) is 0 Å². The van der Waals surface area contributed by atoms with Crippen molar-refractivity contribution in [3.63, 3.8) is 0 Å². The van der Waals surface area contributed by atoms with Gasteiger partial charge in [0.1, 0.15) is 5.75 Å². The highest BCUT2D eigenvalue weighted by Gasteiger charge is 2.29. The van der Waals surface area contributed by atoms with Crippen LogP contribution in [0, 0.1) is 0 Å². The Bertz CT molecular complexity index is 512. The smallest absolute Gasteiger partial charge is 0.310 e. The van der Waals surface area contributed by atoms with Crippen LogP contribution < -0.4 is 4.18 Å². The second kappa shape index (κ2) is 6.31. The second-order valence-electron chi connectivity index (χ2n) is 3.88. The number of halogens is 4. The molecule has 0 N–H and O–H groups in total. The number of benzene rings is 1. The molecule has 102 valence electrons. The average molecular weight is 441 g/mol. The third-order valence-corrected chi connectivity index (χ3v) is 6.81. The van der Waals surface area contributed by atoms with E-state index < -0.39 is 14.4 Å². The van der Waals surface area contributed by atoms with Crippen molar-refractivity contribution in [1.29, 1.82) is 0 Å². The fraction of sp³-hybridized carbons (Fsp3) is 0.400. The van der Waals surface area contributed by atoms with Crippen LogP contribution in [0.3, 0.4) is 0 Å². The van der Waals surface area contributed by atoms with Gasteiger partial charge in [0.2, 0.25) is 0 Å². The Morgan fingerprint density at radius 3 is 2.28 bits per heavy atom. The number of alkyl halides is 2. The van der Waals surface area contributed by atoms with Crippen LogP contribution in [0.4, 0.5) is 0 Å². The largest absolute Gasteiger partial charge is 0.379 e. The van der Waals surface area contributed by atoms with E-state index in [9.17, 15) is 8.42 Å². The van der Waals surface area contributed by atoms with Crippen molar-refractivity contribution >= 4 is 65.2 Å². The summed E-state index contributed by atoms with van der Waals surface area (Å²) in [4.78, 5) is 0. The first-order valence-corrected chi connectivity index (χ1v) is 9.03. The van der Waals surface area contributed by atoms with Gasteiger partial charge in [0.25, 0.3) is 0 Å². The normalized spacial score (nSPS) is 15.2. The molecule has 0 aliphatic rings. The molecule has 1 rings (SSSR count). The van der Waals surface area contributed by atoms with Crippen molar-refractivity contribution < 1.29 is 12.6 Å². The van der Waals surface area contributed by atoms with Crippen molar-refractivity contribution in [1.82, 2.24) is 0 Å². The summed E-state index contributed by atoms with van der Waals surface area (Å²) in [5.41, 5.74) is 0. The fourth-order valence-electron chi connectivity index (χ4n) is 1.13. The SMILES string of the molecule is CC(Br)(CBr)CS(=O)(=O)Oc1c(Cl)cccc1Cl. The second-order valence-corrected chi connectivity index (χ2v) is 8.74. The van der Waals surface area contributed by atoms with Gasteiger partial charge in [-0.3, -0.25) is 0 Å². The molecule has 0 amide bonds. The van der Waals surface area contributed by atoms with Gasteiger partial charge in [0.15, 0.2) is 5.75 Å². The summed E-state index contributed by atoms with van der Waals surface area (Å²) >= 11 is 18.2. The maximum atomic E-state index is 11.9. The predicted octanol–water partition coefficient (Wildman–Crippen LogP) is 4.25. The maximum absolute atomic E-state index is 11.9. The van der Waals surface area contributed by atoms with E-state index >= 15 is 0 Å². The molecule has 0 aliphatic carbocycles. The van der Waals surface area contributed by atoms with Crippen molar-refractivity contribution in [2.45, 2.75) is 11.2 Å². The molecule has 1 atom stereocenters. The summed E-state index contributed by atoms with van der Waals surface area (Å²) in [6.07, 6.45) is 0. The summed E-state index contributed by atoms with van der Waals surface area (Å²) in [6, 6.07) is 4.63. The zero-order chi connectivity index (χ0) is 14.0. The number of hydrogen-bond acceptors (Lipinski definition) is 3. The molecular weight excluding hydrogens is 431 g/mol. The van der Waals surface area contributed by atoms with Crippen LogP contribution in [-0.4, -0.2) is 23.8 Å². The lowest BCUT2D eigenvalue weighted by atomic mass is 10.3. The molecule has 18 heavy (non-hydrogen) atoms. The summed E-state index contributed by atoms with van der Waals surface area (Å²) in [5, 5.41) is 0.765. The molecular formula is C10H10Br2Cl2O3S. The minimum atomic E-state index is -3.80. The fourth-order valence-corrected chi connectivity index (χ4v) is 4.33. The van der Waals surface area contributed by atoms with Crippen LogP contribution in [0.15, 0.2) is 18.2 Å². The molecule has 1 aromatic carbocycles. The van der Waals surface area contributed by atoms with Crippen LogP contribution >= 0.6 is 55.1 Å². The molecule has 1 aromatic rings. The summed E-state index contributed by atoms with van der Waals surface area (Å²) < 4.78 is 28.1. The van der Waals surface area contributed by atoms with Crippen LogP contribution in [0.2, 0.25) is 10.0 Å². The Labute approximate surface area is 133 Å². The summed E-state index contributed by atoms with van der Waals surface area (Å²) in [7, 11) is -3.80. The van der Waals surface area contributed by atoms with E-state index in [2.05, 4.69) is 31.9 Å². The Morgan fingerprint density at radius 2 is 1.83 bits per heavy atom. The van der Waals surface area contributed by atoms with Crippen molar-refractivity contribution in [3.05, 3.63) is 28.2 Å². The molecule has 0 aliphatic heterocycles. The predicted molar refractivity (Wildman–Crippen MR) is 82.0 cm³/mol. The lowest BCUT2D eigenvalue weighted by molar-refractivity contribution is 0.481. The van der Waals surface area contributed by atoms with Crippen molar-refractivity contribution in [3.8, 4) is 5.75 Å². The van der Waals surface area contributed by atoms with E-state index in [1.54, 1.807) is 13.0 Å². The van der Waals surface area contributed by atoms with Crippen LogP contribution in [-0.2, 0) is 10.1 Å². The van der Waals surface area contributed by atoms with Gasteiger partial charge >= 0.3 is 10.1 Å². The summed E-state index contributed by atoms with van der Waals surface area (Å²) in [6.45, 7) is 1.73. The Hall–Kier alpha value is 0.510. The van der Waals surface area contributed by atoms with Gasteiger partial charge in [-0.25, -0.2) is 0 Å². The molecule has 1 unspecified atom stereocenters. The monoisotopic (exact) mass is 438 g/mol. The minimum absolute atomic E-state index is 0.0429. The quantitative estimate of drug-likeness (QED) is 0.507. The van der Waals surface area contributed by atoms with E-state index in [1.165, 1.54) is 12.1 Å². The van der Waals surface area contributed by atoms with E-state index in [1.807, 2.05) is 0 Å². The first-order chi connectivity index (χ1) is 8.17. The third kappa shape index (κ3) is 4.89. The van der Waals surface area contributed by atoms with Gasteiger partial charge in [0.05, 0.1) is 10.0 Å². The Kier molecular flexibility index (Phi) is 5.80. The van der Waals surface area contributed by atoms with Gasteiger partial charge in [0, 0.05) is 9.65 Å². The highest BCUT2D eigenvalue weighted by Crippen LogP contribution is 2.34. The van der Waals surface area contributed by atoms with E-state index in [4.69, 9.17) is 27.4 Å². The Morgan fingerprint density at radius 1 is 1.33 bits per heavy atom. The molecule has 0 fully saturated rings. The third-order valence-electron chi connectivity index (χ3n) is 1.89. The van der Waals surface area contributed by atoms with E-state index in [-0.39, 0.29) is 21.5 Å². The molecule has 3 nitrogen and oxygen atoms in total.